The Bertz CT molecular complexity index is 631. The highest BCUT2D eigenvalue weighted by Crippen LogP contribution is 2.29. The number of phenols is 1. The lowest BCUT2D eigenvalue weighted by Gasteiger charge is -2.12. The minimum absolute atomic E-state index is 0.293. The summed E-state index contributed by atoms with van der Waals surface area (Å²) in [7, 11) is 3.33. The van der Waals surface area contributed by atoms with Gasteiger partial charge >= 0.3 is 0 Å². The van der Waals surface area contributed by atoms with Gasteiger partial charge in [-0.15, -0.1) is 0 Å². The van der Waals surface area contributed by atoms with Gasteiger partial charge < -0.3 is 19.9 Å². The average molecular weight is 413 g/mol. The summed E-state index contributed by atoms with van der Waals surface area (Å²) >= 11 is 2.09. The Hall–Kier alpha value is -1.47. The fraction of sp³-hybridized carbons (Fsp3) is 0.294. The second-order valence-corrected chi connectivity index (χ2v) is 6.02. The predicted octanol–water partition coefficient (Wildman–Crippen LogP) is 3.35. The molecule has 0 fully saturated rings. The molecule has 0 saturated carbocycles. The number of hydrogen-bond donors (Lipinski definition) is 2. The van der Waals surface area contributed by atoms with Crippen LogP contribution in [0.1, 0.15) is 11.1 Å². The monoisotopic (exact) mass is 413 g/mol. The van der Waals surface area contributed by atoms with Gasteiger partial charge in [0.15, 0.2) is 0 Å². The Morgan fingerprint density at radius 3 is 2.50 bits per heavy atom. The number of halogens is 1. The van der Waals surface area contributed by atoms with Crippen molar-refractivity contribution in [1.82, 2.24) is 5.32 Å². The van der Waals surface area contributed by atoms with Crippen LogP contribution in [-0.4, -0.2) is 25.9 Å². The van der Waals surface area contributed by atoms with Gasteiger partial charge in [0.05, 0.1) is 17.8 Å². The summed E-state index contributed by atoms with van der Waals surface area (Å²) in [4.78, 5) is 0. The quantitative estimate of drug-likeness (QED) is 0.540. The van der Waals surface area contributed by atoms with Crippen molar-refractivity contribution in [2.24, 2.45) is 0 Å². The minimum atomic E-state index is 0.293. The maximum Gasteiger partial charge on any atom is 0.129 e. The molecule has 0 spiro atoms. The zero-order chi connectivity index (χ0) is 15.9. The molecule has 0 aliphatic heterocycles. The van der Waals surface area contributed by atoms with E-state index in [4.69, 9.17) is 9.47 Å². The predicted molar refractivity (Wildman–Crippen MR) is 95.8 cm³/mol. The van der Waals surface area contributed by atoms with Gasteiger partial charge in [0.1, 0.15) is 17.2 Å². The van der Waals surface area contributed by atoms with Gasteiger partial charge in [0, 0.05) is 12.1 Å². The van der Waals surface area contributed by atoms with Crippen molar-refractivity contribution in [2.45, 2.75) is 13.0 Å². The molecule has 2 N–H and O–H groups in total. The Kier molecular flexibility index (Phi) is 6.33. The van der Waals surface area contributed by atoms with Crippen LogP contribution >= 0.6 is 22.6 Å². The lowest BCUT2D eigenvalue weighted by atomic mass is 10.1. The molecule has 0 radical (unpaired) electrons. The van der Waals surface area contributed by atoms with Crippen LogP contribution in [0.4, 0.5) is 0 Å². The highest BCUT2D eigenvalue weighted by Gasteiger charge is 2.08. The zero-order valence-electron chi connectivity index (χ0n) is 12.7. The molecule has 118 valence electrons. The Morgan fingerprint density at radius 2 is 1.77 bits per heavy atom. The molecule has 2 aromatic rings. The van der Waals surface area contributed by atoms with E-state index in [1.165, 1.54) is 0 Å². The lowest BCUT2D eigenvalue weighted by Crippen LogP contribution is -2.17. The second kappa shape index (κ2) is 8.24. The van der Waals surface area contributed by atoms with E-state index < -0.39 is 0 Å². The van der Waals surface area contributed by atoms with E-state index >= 15 is 0 Å². The van der Waals surface area contributed by atoms with Crippen molar-refractivity contribution in [3.05, 3.63) is 51.1 Å². The molecular weight excluding hydrogens is 393 g/mol. The van der Waals surface area contributed by atoms with Crippen LogP contribution in [0.25, 0.3) is 0 Å². The molecular formula is C17H20INO3. The molecule has 2 rings (SSSR count). The smallest absolute Gasteiger partial charge is 0.129 e. The van der Waals surface area contributed by atoms with Gasteiger partial charge in [0.2, 0.25) is 0 Å². The zero-order valence-corrected chi connectivity index (χ0v) is 14.9. The van der Waals surface area contributed by atoms with E-state index in [-0.39, 0.29) is 0 Å². The highest BCUT2D eigenvalue weighted by atomic mass is 127. The number of rotatable bonds is 7. The summed E-state index contributed by atoms with van der Waals surface area (Å²) in [5.74, 6) is 1.99. The van der Waals surface area contributed by atoms with Gasteiger partial charge in [-0.1, -0.05) is 18.2 Å². The maximum atomic E-state index is 9.82. The number of hydrogen-bond acceptors (Lipinski definition) is 4. The van der Waals surface area contributed by atoms with Crippen LogP contribution in [-0.2, 0) is 13.0 Å². The summed E-state index contributed by atoms with van der Waals surface area (Å²) in [6.45, 7) is 1.52. The number of nitrogens with one attached hydrogen (secondary N) is 1. The number of methoxy groups -OCH3 is 2. The molecule has 0 aromatic heterocycles. The lowest BCUT2D eigenvalue weighted by molar-refractivity contribution is 0.404. The average Bonchev–Trinajstić information content (AvgIpc) is 2.54. The van der Waals surface area contributed by atoms with E-state index in [1.807, 2.05) is 30.3 Å². The fourth-order valence-corrected chi connectivity index (χ4v) is 2.71. The van der Waals surface area contributed by atoms with E-state index in [9.17, 15) is 5.11 Å². The molecule has 5 heteroatoms. The second-order valence-electron chi connectivity index (χ2n) is 4.85. The summed E-state index contributed by atoms with van der Waals surface area (Å²) in [6, 6.07) is 11.6. The first-order chi connectivity index (χ1) is 10.7. The molecule has 0 aliphatic carbocycles. The molecule has 22 heavy (non-hydrogen) atoms. The van der Waals surface area contributed by atoms with Gasteiger partial charge in [0.25, 0.3) is 0 Å². The van der Waals surface area contributed by atoms with Gasteiger partial charge in [-0.3, -0.25) is 0 Å². The molecule has 4 nitrogen and oxygen atoms in total. The first-order valence-corrected chi connectivity index (χ1v) is 8.11. The first-order valence-electron chi connectivity index (χ1n) is 7.03. The van der Waals surface area contributed by atoms with Crippen LogP contribution in [0.15, 0.2) is 36.4 Å². The number of aromatic hydroxyl groups is 1. The third-order valence-corrected chi connectivity index (χ3v) is 4.29. The standard InChI is InChI=1S/C17H20INO3/c1-21-16-6-4-3-5-13(16)11-19-8-7-12-9-15(20)14(18)10-17(12)22-2/h3-6,9-10,19-20H,7-8,11H2,1-2H3. The number of phenolic OH excluding ortho intramolecular Hbond substituents is 1. The van der Waals surface area contributed by atoms with Gasteiger partial charge in [-0.25, -0.2) is 0 Å². The largest absolute Gasteiger partial charge is 0.507 e. The summed E-state index contributed by atoms with van der Waals surface area (Å²) in [6.07, 6.45) is 0.781. The number of benzene rings is 2. The maximum absolute atomic E-state index is 9.82. The molecule has 2 aromatic carbocycles. The Balaban J connectivity index is 1.93. The Morgan fingerprint density at radius 1 is 1.05 bits per heavy atom. The van der Waals surface area contributed by atoms with Gasteiger partial charge in [-0.2, -0.15) is 0 Å². The summed E-state index contributed by atoms with van der Waals surface area (Å²) in [5, 5.41) is 13.2. The number of ether oxygens (including phenoxy) is 2. The summed E-state index contributed by atoms with van der Waals surface area (Å²) < 4.78 is 11.5. The van der Waals surface area contributed by atoms with E-state index in [1.54, 1.807) is 20.3 Å². The van der Waals surface area contributed by atoms with Crippen molar-refractivity contribution in [1.29, 1.82) is 0 Å². The van der Waals surface area contributed by atoms with Crippen molar-refractivity contribution in [3.63, 3.8) is 0 Å². The third-order valence-electron chi connectivity index (χ3n) is 3.43. The van der Waals surface area contributed by atoms with Crippen molar-refractivity contribution >= 4 is 22.6 Å². The molecule has 0 saturated heterocycles. The highest BCUT2D eigenvalue weighted by molar-refractivity contribution is 14.1. The minimum Gasteiger partial charge on any atom is -0.507 e. The first kappa shape index (κ1) is 16.9. The molecule has 0 heterocycles. The summed E-state index contributed by atoms with van der Waals surface area (Å²) in [5.41, 5.74) is 2.12. The molecule has 0 bridgehead atoms. The van der Waals surface area contributed by atoms with Crippen molar-refractivity contribution in [2.75, 3.05) is 20.8 Å². The van der Waals surface area contributed by atoms with Crippen LogP contribution < -0.4 is 14.8 Å². The van der Waals surface area contributed by atoms with Crippen molar-refractivity contribution < 1.29 is 14.6 Å². The molecule has 0 aliphatic rings. The van der Waals surface area contributed by atoms with Crippen LogP contribution in [0.5, 0.6) is 17.2 Å². The third kappa shape index (κ3) is 4.27. The molecule has 0 unspecified atom stereocenters. The Labute approximate surface area is 144 Å². The SMILES string of the molecule is COc1cc(I)c(O)cc1CCNCc1ccccc1OC. The van der Waals surface area contributed by atoms with E-state index in [2.05, 4.69) is 27.9 Å². The van der Waals surface area contributed by atoms with Gasteiger partial charge in [-0.05, 0) is 59.3 Å². The fourth-order valence-electron chi connectivity index (χ4n) is 2.27. The van der Waals surface area contributed by atoms with Crippen molar-refractivity contribution in [3.8, 4) is 17.2 Å². The topological polar surface area (TPSA) is 50.7 Å². The normalized spacial score (nSPS) is 10.5. The molecule has 0 amide bonds. The molecule has 0 atom stereocenters. The van der Waals surface area contributed by atoms with E-state index in [0.29, 0.717) is 5.75 Å². The van der Waals surface area contributed by atoms with Crippen LogP contribution in [0.3, 0.4) is 0 Å². The van der Waals surface area contributed by atoms with Crippen LogP contribution in [0.2, 0.25) is 0 Å². The van der Waals surface area contributed by atoms with E-state index in [0.717, 1.165) is 45.7 Å². The van der Waals surface area contributed by atoms with Crippen LogP contribution in [0, 0.1) is 3.57 Å². The number of para-hydroxylation sites is 1.